The molecule has 3 fully saturated rings. The highest BCUT2D eigenvalue weighted by Crippen LogP contribution is 2.68. The number of aliphatic hydroxyl groups excluding tert-OH is 1. The van der Waals surface area contributed by atoms with E-state index < -0.39 is 0 Å². The molecule has 0 unspecified atom stereocenters. The molecule has 0 aromatic heterocycles. The van der Waals surface area contributed by atoms with E-state index in [1.807, 2.05) is 0 Å². The second-order valence-electron chi connectivity index (χ2n) is 5.18. The van der Waals surface area contributed by atoms with Crippen LogP contribution in [0.4, 0.5) is 0 Å². The van der Waals surface area contributed by atoms with Crippen LogP contribution in [0.15, 0.2) is 11.6 Å². The molecule has 2 heteroatoms. The molecule has 1 spiro atoms. The van der Waals surface area contributed by atoms with E-state index in [0.29, 0.717) is 0 Å². The van der Waals surface area contributed by atoms with Gasteiger partial charge in [0.1, 0.15) is 11.7 Å². The van der Waals surface area contributed by atoms with Gasteiger partial charge in [-0.2, -0.15) is 0 Å². The zero-order valence-electron chi connectivity index (χ0n) is 8.92. The summed E-state index contributed by atoms with van der Waals surface area (Å²) in [4.78, 5) is 0. The maximum atomic E-state index is 9.79. The highest BCUT2D eigenvalue weighted by Gasteiger charge is 2.74. The van der Waals surface area contributed by atoms with Gasteiger partial charge in [0.25, 0.3) is 0 Å². The van der Waals surface area contributed by atoms with Gasteiger partial charge in [-0.1, -0.05) is 18.6 Å². The molecule has 1 aliphatic heterocycles. The summed E-state index contributed by atoms with van der Waals surface area (Å²) >= 11 is 0. The summed E-state index contributed by atoms with van der Waals surface area (Å²) in [7, 11) is 0. The van der Waals surface area contributed by atoms with Crippen LogP contribution in [0.5, 0.6) is 0 Å². The van der Waals surface area contributed by atoms with Gasteiger partial charge in [0.05, 0.1) is 6.10 Å². The molecular formula is C12H18O2. The minimum atomic E-state index is -0.209. The van der Waals surface area contributed by atoms with Crippen molar-refractivity contribution in [2.24, 2.45) is 5.41 Å². The van der Waals surface area contributed by atoms with Crippen LogP contribution in [-0.2, 0) is 4.74 Å². The fourth-order valence-corrected chi connectivity index (χ4v) is 3.79. The minimum Gasteiger partial charge on any atom is -0.390 e. The van der Waals surface area contributed by atoms with Gasteiger partial charge < -0.3 is 9.84 Å². The lowest BCUT2D eigenvalue weighted by atomic mass is 9.66. The molecule has 0 aromatic rings. The van der Waals surface area contributed by atoms with Crippen LogP contribution in [0.3, 0.4) is 0 Å². The van der Waals surface area contributed by atoms with Crippen molar-refractivity contribution in [2.45, 2.75) is 57.3 Å². The Bertz CT molecular complexity index is 309. The van der Waals surface area contributed by atoms with Crippen LogP contribution in [0, 0.1) is 5.41 Å². The number of hydrogen-bond acceptors (Lipinski definition) is 2. The quantitative estimate of drug-likeness (QED) is 0.472. The molecule has 14 heavy (non-hydrogen) atoms. The SMILES string of the molecule is C/C=C1/CC[C@]23O[C@H]2[C@@H](O)CC[C@]13C. The van der Waals surface area contributed by atoms with Gasteiger partial charge in [-0.25, -0.2) is 0 Å². The van der Waals surface area contributed by atoms with Crippen molar-refractivity contribution in [1.29, 1.82) is 0 Å². The number of allylic oxidation sites excluding steroid dienone is 1. The Morgan fingerprint density at radius 2 is 2.29 bits per heavy atom. The van der Waals surface area contributed by atoms with Gasteiger partial charge in [-0.05, 0) is 32.6 Å². The molecule has 2 aliphatic carbocycles. The monoisotopic (exact) mass is 194 g/mol. The molecule has 78 valence electrons. The predicted octanol–water partition coefficient (Wildman–Crippen LogP) is 2.03. The van der Waals surface area contributed by atoms with Crippen LogP contribution in [0.25, 0.3) is 0 Å². The maximum absolute atomic E-state index is 9.79. The molecular weight excluding hydrogens is 176 g/mol. The van der Waals surface area contributed by atoms with Gasteiger partial charge in [-0.3, -0.25) is 0 Å². The standard InChI is InChI=1S/C12H18O2/c1-3-8-4-7-12-10(14-12)9(13)5-6-11(8,12)2/h3,9-10,13H,4-7H2,1-2H3/b8-3-/t9-,10-,11+,12-/m0/s1. The number of rotatable bonds is 0. The summed E-state index contributed by atoms with van der Waals surface area (Å²) in [6.07, 6.45) is 6.45. The van der Waals surface area contributed by atoms with Crippen molar-refractivity contribution in [3.63, 3.8) is 0 Å². The molecule has 0 bridgehead atoms. The van der Waals surface area contributed by atoms with E-state index in [1.54, 1.807) is 5.57 Å². The summed E-state index contributed by atoms with van der Waals surface area (Å²) in [6.45, 7) is 4.45. The lowest BCUT2D eigenvalue weighted by molar-refractivity contribution is 0.0966. The third-order valence-electron chi connectivity index (χ3n) is 4.79. The molecule has 3 rings (SSSR count). The molecule has 0 amide bonds. The van der Waals surface area contributed by atoms with Gasteiger partial charge in [-0.15, -0.1) is 0 Å². The van der Waals surface area contributed by atoms with E-state index in [-0.39, 0.29) is 23.2 Å². The lowest BCUT2D eigenvalue weighted by Gasteiger charge is -2.36. The van der Waals surface area contributed by atoms with Crippen LogP contribution in [0.2, 0.25) is 0 Å². The summed E-state index contributed by atoms with van der Waals surface area (Å²) in [5, 5.41) is 9.79. The topological polar surface area (TPSA) is 32.8 Å². The van der Waals surface area contributed by atoms with Crippen molar-refractivity contribution < 1.29 is 9.84 Å². The smallest absolute Gasteiger partial charge is 0.114 e. The predicted molar refractivity (Wildman–Crippen MR) is 53.9 cm³/mol. The van der Waals surface area contributed by atoms with E-state index in [4.69, 9.17) is 4.74 Å². The van der Waals surface area contributed by atoms with Gasteiger partial charge in [0.15, 0.2) is 0 Å². The Labute approximate surface area is 85.0 Å². The first-order valence-electron chi connectivity index (χ1n) is 5.65. The lowest BCUT2D eigenvalue weighted by Crippen LogP contribution is -2.42. The van der Waals surface area contributed by atoms with Crippen LogP contribution >= 0.6 is 0 Å². The molecule has 2 saturated carbocycles. The van der Waals surface area contributed by atoms with Gasteiger partial charge >= 0.3 is 0 Å². The Morgan fingerprint density at radius 1 is 1.50 bits per heavy atom. The second-order valence-corrected chi connectivity index (χ2v) is 5.18. The van der Waals surface area contributed by atoms with Crippen molar-refractivity contribution >= 4 is 0 Å². The first-order chi connectivity index (χ1) is 6.64. The van der Waals surface area contributed by atoms with Crippen molar-refractivity contribution in [1.82, 2.24) is 0 Å². The molecule has 4 atom stereocenters. The second kappa shape index (κ2) is 2.42. The van der Waals surface area contributed by atoms with E-state index >= 15 is 0 Å². The number of epoxide rings is 1. The highest BCUT2D eigenvalue weighted by atomic mass is 16.6. The van der Waals surface area contributed by atoms with Crippen molar-refractivity contribution in [3.05, 3.63) is 11.6 Å². The summed E-state index contributed by atoms with van der Waals surface area (Å²) in [5.41, 5.74) is 1.80. The normalized spacial score (nSPS) is 58.4. The Hall–Kier alpha value is -0.340. The van der Waals surface area contributed by atoms with E-state index in [1.165, 1.54) is 0 Å². The molecule has 1 heterocycles. The van der Waals surface area contributed by atoms with E-state index in [9.17, 15) is 5.11 Å². The fraction of sp³-hybridized carbons (Fsp3) is 0.833. The highest BCUT2D eigenvalue weighted by molar-refractivity contribution is 5.35. The summed E-state index contributed by atoms with van der Waals surface area (Å²) < 4.78 is 5.85. The maximum Gasteiger partial charge on any atom is 0.114 e. The molecule has 3 aliphatic rings. The molecule has 2 nitrogen and oxygen atoms in total. The zero-order chi connectivity index (χ0) is 9.97. The third kappa shape index (κ3) is 0.763. The molecule has 1 saturated heterocycles. The van der Waals surface area contributed by atoms with Crippen LogP contribution in [-0.4, -0.2) is 22.9 Å². The number of aliphatic hydroxyl groups is 1. The zero-order valence-corrected chi connectivity index (χ0v) is 8.92. The Kier molecular flexibility index (Phi) is 1.54. The molecule has 1 N–H and O–H groups in total. The van der Waals surface area contributed by atoms with Crippen molar-refractivity contribution in [2.75, 3.05) is 0 Å². The summed E-state index contributed by atoms with van der Waals surface area (Å²) in [6, 6.07) is 0. The number of ether oxygens (including phenoxy) is 1. The molecule has 0 radical (unpaired) electrons. The van der Waals surface area contributed by atoms with E-state index in [2.05, 4.69) is 19.9 Å². The van der Waals surface area contributed by atoms with Gasteiger partial charge in [0, 0.05) is 5.41 Å². The minimum absolute atomic E-state index is 0.0203. The largest absolute Gasteiger partial charge is 0.390 e. The van der Waals surface area contributed by atoms with Gasteiger partial charge in [0.2, 0.25) is 0 Å². The Balaban J connectivity index is 2.02. The molecule has 0 aromatic carbocycles. The van der Waals surface area contributed by atoms with Crippen LogP contribution < -0.4 is 0 Å². The Morgan fingerprint density at radius 3 is 3.00 bits per heavy atom. The summed E-state index contributed by atoms with van der Waals surface area (Å²) in [5.74, 6) is 0. The average molecular weight is 194 g/mol. The first-order valence-corrected chi connectivity index (χ1v) is 5.65. The fourth-order valence-electron chi connectivity index (χ4n) is 3.79. The third-order valence-corrected chi connectivity index (χ3v) is 4.79. The van der Waals surface area contributed by atoms with Crippen LogP contribution in [0.1, 0.15) is 39.5 Å². The average Bonchev–Trinajstić information content (AvgIpc) is 2.84. The van der Waals surface area contributed by atoms with Crippen molar-refractivity contribution in [3.8, 4) is 0 Å². The first kappa shape index (κ1) is 8.93. The van der Waals surface area contributed by atoms with E-state index in [0.717, 1.165) is 25.7 Å². The number of hydrogen-bond donors (Lipinski definition) is 1.